The van der Waals surface area contributed by atoms with Crippen LogP contribution in [-0.4, -0.2) is 43.8 Å². The first-order valence-corrected chi connectivity index (χ1v) is 13.1. The average molecular weight is 502 g/mol. The van der Waals surface area contributed by atoms with Crippen molar-refractivity contribution in [1.82, 2.24) is 9.38 Å². The number of sulfone groups is 1. The second-order valence-corrected chi connectivity index (χ2v) is 12.9. The van der Waals surface area contributed by atoms with Gasteiger partial charge in [-0.3, -0.25) is 9.12 Å². The summed E-state index contributed by atoms with van der Waals surface area (Å²) in [7, 11) is -6.38. The van der Waals surface area contributed by atoms with E-state index in [-0.39, 0.29) is 27.7 Å². The van der Waals surface area contributed by atoms with Gasteiger partial charge in [-0.2, -0.15) is 0 Å². The molecule has 0 bridgehead atoms. The Balaban J connectivity index is 2.24. The average Bonchev–Trinajstić information content (AvgIpc) is 3.12. The summed E-state index contributed by atoms with van der Waals surface area (Å²) in [6.45, 7) is 6.28. The van der Waals surface area contributed by atoms with Gasteiger partial charge in [-0.05, 0) is 39.3 Å². The summed E-state index contributed by atoms with van der Waals surface area (Å²) < 4.78 is 86.7. The number of aromatic nitrogens is 2. The third kappa shape index (κ3) is 4.67. The zero-order valence-corrected chi connectivity index (χ0v) is 20.4. The Kier molecular flexibility index (Phi) is 6.46. The van der Waals surface area contributed by atoms with Gasteiger partial charge in [-0.15, -0.1) is 0 Å². The SMILES string of the molecule is CCCS(=O)(=O)Nc1cc(-c2cnc3cc(OC)c(S(=O)(=O)C(C)(C)C)cn23)cc(F)c1F. The van der Waals surface area contributed by atoms with Crippen LogP contribution in [0.2, 0.25) is 0 Å². The predicted molar refractivity (Wildman–Crippen MR) is 122 cm³/mol. The second-order valence-electron chi connectivity index (χ2n) is 8.43. The second kappa shape index (κ2) is 8.56. The molecule has 0 aliphatic heterocycles. The number of nitrogens with zero attached hydrogens (tertiary/aromatic N) is 2. The molecule has 3 rings (SSSR count). The van der Waals surface area contributed by atoms with Gasteiger partial charge in [0.25, 0.3) is 0 Å². The number of halogens is 2. The van der Waals surface area contributed by atoms with Gasteiger partial charge in [0.05, 0.1) is 35.2 Å². The molecular weight excluding hydrogens is 476 g/mol. The Labute approximate surface area is 191 Å². The van der Waals surface area contributed by atoms with Crippen LogP contribution in [0.1, 0.15) is 34.1 Å². The van der Waals surface area contributed by atoms with Gasteiger partial charge in [-0.1, -0.05) is 6.92 Å². The third-order valence-corrected chi connectivity index (χ3v) is 8.93. The molecule has 12 heteroatoms. The third-order valence-electron chi connectivity index (χ3n) is 4.95. The fourth-order valence-corrected chi connectivity index (χ4v) is 5.62. The molecule has 0 spiro atoms. The first-order valence-electron chi connectivity index (χ1n) is 10.0. The Morgan fingerprint density at radius 1 is 1.12 bits per heavy atom. The number of anilines is 1. The van der Waals surface area contributed by atoms with Crippen LogP contribution in [0, 0.1) is 11.6 Å². The minimum Gasteiger partial charge on any atom is -0.495 e. The van der Waals surface area contributed by atoms with Crippen molar-refractivity contribution in [3.05, 3.63) is 42.2 Å². The van der Waals surface area contributed by atoms with Crippen molar-refractivity contribution in [2.24, 2.45) is 0 Å². The van der Waals surface area contributed by atoms with Crippen molar-refractivity contribution in [3.63, 3.8) is 0 Å². The van der Waals surface area contributed by atoms with Crippen molar-refractivity contribution in [1.29, 1.82) is 0 Å². The molecule has 1 N–H and O–H groups in total. The van der Waals surface area contributed by atoms with Gasteiger partial charge in [-0.25, -0.2) is 30.6 Å². The Morgan fingerprint density at radius 3 is 2.36 bits per heavy atom. The van der Waals surface area contributed by atoms with E-state index >= 15 is 0 Å². The molecule has 0 unspecified atom stereocenters. The fourth-order valence-electron chi connectivity index (χ4n) is 3.19. The maximum atomic E-state index is 14.4. The van der Waals surface area contributed by atoms with E-state index in [2.05, 4.69) is 9.71 Å². The van der Waals surface area contributed by atoms with E-state index in [0.717, 1.165) is 12.1 Å². The highest BCUT2D eigenvalue weighted by Gasteiger charge is 2.34. The highest BCUT2D eigenvalue weighted by Crippen LogP contribution is 2.35. The molecule has 33 heavy (non-hydrogen) atoms. The van der Waals surface area contributed by atoms with Crippen molar-refractivity contribution in [2.45, 2.75) is 43.8 Å². The largest absolute Gasteiger partial charge is 0.495 e. The molecule has 0 aliphatic carbocycles. The van der Waals surface area contributed by atoms with Crippen LogP contribution in [0.15, 0.2) is 35.5 Å². The van der Waals surface area contributed by atoms with Crippen LogP contribution < -0.4 is 9.46 Å². The molecule has 0 saturated heterocycles. The van der Waals surface area contributed by atoms with E-state index in [9.17, 15) is 25.6 Å². The number of sulfonamides is 1. The molecule has 0 saturated carbocycles. The molecule has 0 fully saturated rings. The smallest absolute Gasteiger partial charge is 0.232 e. The van der Waals surface area contributed by atoms with Crippen LogP contribution in [0.5, 0.6) is 5.75 Å². The molecule has 180 valence electrons. The number of imidazole rings is 1. The summed E-state index contributed by atoms with van der Waals surface area (Å²) in [6.07, 6.45) is 2.94. The molecule has 3 aromatic rings. The molecule has 0 atom stereocenters. The van der Waals surface area contributed by atoms with Crippen LogP contribution in [0.3, 0.4) is 0 Å². The highest BCUT2D eigenvalue weighted by atomic mass is 32.2. The summed E-state index contributed by atoms with van der Waals surface area (Å²) in [4.78, 5) is 4.11. The minimum absolute atomic E-state index is 0.0906. The fraction of sp³-hybridized carbons (Fsp3) is 0.381. The van der Waals surface area contributed by atoms with Crippen molar-refractivity contribution >= 4 is 31.2 Å². The number of nitrogens with one attached hydrogen (secondary N) is 1. The van der Waals surface area contributed by atoms with Crippen molar-refractivity contribution < 1.29 is 30.4 Å². The zero-order chi connectivity index (χ0) is 24.8. The molecule has 8 nitrogen and oxygen atoms in total. The highest BCUT2D eigenvalue weighted by molar-refractivity contribution is 7.93. The summed E-state index contributed by atoms with van der Waals surface area (Å²) in [5.74, 6) is -2.78. The van der Waals surface area contributed by atoms with E-state index in [4.69, 9.17) is 4.74 Å². The number of pyridine rings is 1. The Hall–Kier alpha value is -2.73. The molecule has 2 aromatic heterocycles. The van der Waals surface area contributed by atoms with E-state index in [1.165, 1.54) is 30.0 Å². The normalized spacial score (nSPS) is 12.8. The van der Waals surface area contributed by atoms with Gasteiger partial charge < -0.3 is 4.74 Å². The van der Waals surface area contributed by atoms with Gasteiger partial charge >= 0.3 is 0 Å². The molecule has 1 aromatic carbocycles. The monoisotopic (exact) mass is 501 g/mol. The quantitative estimate of drug-likeness (QED) is 0.524. The lowest BCUT2D eigenvalue weighted by molar-refractivity contribution is 0.401. The molecular formula is C21H25F2N3O5S2. The van der Waals surface area contributed by atoms with E-state index < -0.39 is 41.9 Å². The number of hydrogen-bond acceptors (Lipinski definition) is 6. The summed E-state index contributed by atoms with van der Waals surface area (Å²) in [5.41, 5.74) is 0.0738. The minimum atomic E-state index is -3.88. The Bertz CT molecular complexity index is 1430. The lowest BCUT2D eigenvalue weighted by atomic mass is 10.1. The lowest BCUT2D eigenvalue weighted by Crippen LogP contribution is -2.28. The summed E-state index contributed by atoms with van der Waals surface area (Å²) in [5, 5.41) is 0. The number of fused-ring (bicyclic) bond motifs is 1. The maximum absolute atomic E-state index is 14.4. The van der Waals surface area contributed by atoms with Gasteiger partial charge in [0, 0.05) is 17.8 Å². The zero-order valence-electron chi connectivity index (χ0n) is 18.8. The first-order chi connectivity index (χ1) is 15.2. The topological polar surface area (TPSA) is 107 Å². The standard InChI is InChI=1S/C21H25F2N3O5S2/c1-6-7-32(27,28)25-15-9-13(8-14(22)20(15)23)16-11-24-19-10-17(31-5)18(12-26(16)19)33(29,30)21(2,3)4/h8-12,25H,6-7H2,1-5H3. The van der Waals surface area contributed by atoms with Gasteiger partial charge in [0.15, 0.2) is 21.5 Å². The number of rotatable bonds is 7. The van der Waals surface area contributed by atoms with Crippen LogP contribution >= 0.6 is 0 Å². The predicted octanol–water partition coefficient (Wildman–Crippen LogP) is 4.01. The van der Waals surface area contributed by atoms with Crippen molar-refractivity contribution in [2.75, 3.05) is 17.6 Å². The summed E-state index contributed by atoms with van der Waals surface area (Å²) in [6, 6.07) is 3.45. The maximum Gasteiger partial charge on any atom is 0.232 e. The van der Waals surface area contributed by atoms with Gasteiger partial charge in [0.2, 0.25) is 10.0 Å². The number of hydrogen-bond donors (Lipinski definition) is 1. The van der Waals surface area contributed by atoms with Crippen molar-refractivity contribution in [3.8, 4) is 17.0 Å². The van der Waals surface area contributed by atoms with E-state index in [0.29, 0.717) is 12.1 Å². The summed E-state index contributed by atoms with van der Waals surface area (Å²) >= 11 is 0. The molecule has 0 radical (unpaired) electrons. The molecule has 0 aliphatic rings. The van der Waals surface area contributed by atoms with E-state index in [1.54, 1.807) is 27.7 Å². The first kappa shape index (κ1) is 24.9. The van der Waals surface area contributed by atoms with Crippen LogP contribution in [0.25, 0.3) is 16.9 Å². The van der Waals surface area contributed by atoms with Crippen LogP contribution in [-0.2, 0) is 19.9 Å². The van der Waals surface area contributed by atoms with Gasteiger partial charge in [0.1, 0.15) is 16.3 Å². The van der Waals surface area contributed by atoms with E-state index in [1.807, 2.05) is 0 Å². The lowest BCUT2D eigenvalue weighted by Gasteiger charge is -2.21. The number of methoxy groups -OCH3 is 1. The number of ether oxygens (including phenoxy) is 1. The number of benzene rings is 1. The Morgan fingerprint density at radius 2 is 1.79 bits per heavy atom. The van der Waals surface area contributed by atoms with Crippen LogP contribution in [0.4, 0.5) is 14.5 Å². The molecule has 0 amide bonds. The molecule has 2 heterocycles.